The largest absolute Gasteiger partial charge is 0.494 e. The Morgan fingerprint density at radius 3 is 2.63 bits per heavy atom. The molecule has 1 amide bonds. The molecule has 1 aromatic carbocycles. The van der Waals surface area contributed by atoms with Gasteiger partial charge < -0.3 is 25.3 Å². The summed E-state index contributed by atoms with van der Waals surface area (Å²) in [7, 11) is 0. The highest BCUT2D eigenvalue weighted by atomic mass is 16.6. The van der Waals surface area contributed by atoms with Gasteiger partial charge in [-0.15, -0.1) is 0 Å². The number of nitro groups is 1. The first kappa shape index (κ1) is 19.9. The fourth-order valence-electron chi connectivity index (χ4n) is 2.27. The number of amides is 1. The lowest BCUT2D eigenvalue weighted by Gasteiger charge is -2.08. The Kier molecular flexibility index (Phi) is 6.86. The molecule has 0 spiro atoms. The van der Waals surface area contributed by atoms with E-state index in [9.17, 15) is 19.7 Å². The van der Waals surface area contributed by atoms with Gasteiger partial charge in [-0.25, -0.2) is 0 Å². The zero-order valence-electron chi connectivity index (χ0n) is 14.8. The van der Waals surface area contributed by atoms with Crippen molar-refractivity contribution in [1.29, 1.82) is 0 Å². The van der Waals surface area contributed by atoms with Crippen LogP contribution in [0, 0.1) is 17.0 Å². The van der Waals surface area contributed by atoms with Crippen molar-refractivity contribution in [3.05, 3.63) is 52.0 Å². The van der Waals surface area contributed by atoms with Gasteiger partial charge in [0.1, 0.15) is 18.5 Å². The lowest BCUT2D eigenvalue weighted by atomic mass is 10.2. The maximum Gasteiger partial charge on any atom is 0.381 e. The number of hydrogen-bond acceptors (Lipinski definition) is 6. The van der Waals surface area contributed by atoms with Crippen LogP contribution >= 0.6 is 0 Å². The average molecular weight is 376 g/mol. The lowest BCUT2D eigenvalue weighted by molar-refractivity contribution is -0.389. The van der Waals surface area contributed by atoms with Crippen LogP contribution < -0.4 is 10.1 Å². The van der Waals surface area contributed by atoms with E-state index in [1.54, 1.807) is 31.2 Å². The number of nitrogens with one attached hydrogen (secondary N) is 1. The van der Waals surface area contributed by atoms with Gasteiger partial charge in [0.05, 0.1) is 6.61 Å². The zero-order valence-corrected chi connectivity index (χ0v) is 14.8. The number of hydrogen-bond donors (Lipinski definition) is 2. The second-order valence-corrected chi connectivity index (χ2v) is 5.80. The minimum absolute atomic E-state index is 0.0581. The van der Waals surface area contributed by atoms with Crippen molar-refractivity contribution < 1.29 is 24.4 Å². The maximum absolute atomic E-state index is 12.0. The summed E-state index contributed by atoms with van der Waals surface area (Å²) in [6.07, 6.45) is 1.72. The number of imidazole rings is 1. The first-order valence-corrected chi connectivity index (χ1v) is 8.23. The molecule has 0 saturated carbocycles. The maximum atomic E-state index is 12.0. The Hall–Kier alpha value is -3.43. The van der Waals surface area contributed by atoms with E-state index in [0.29, 0.717) is 31.1 Å². The summed E-state index contributed by atoms with van der Waals surface area (Å²) in [5.74, 6) is -0.429. The summed E-state index contributed by atoms with van der Waals surface area (Å²) < 4.78 is 6.85. The Morgan fingerprint density at radius 2 is 2.04 bits per heavy atom. The van der Waals surface area contributed by atoms with Gasteiger partial charge in [-0.3, -0.25) is 14.2 Å². The SMILES string of the molecule is Cc1nc([N+](=O)[O-])cn1CC(=O)NCc1ccc(OCCCC(=O)O)cc1. The van der Waals surface area contributed by atoms with E-state index in [4.69, 9.17) is 9.84 Å². The Balaban J connectivity index is 1.78. The molecule has 0 aliphatic carbocycles. The number of carbonyl (C=O) groups is 2. The molecular formula is C17H20N4O6. The summed E-state index contributed by atoms with van der Waals surface area (Å²) in [6.45, 7) is 2.15. The number of aliphatic carboxylic acids is 1. The van der Waals surface area contributed by atoms with E-state index < -0.39 is 10.9 Å². The fourth-order valence-corrected chi connectivity index (χ4v) is 2.27. The third-order valence-electron chi connectivity index (χ3n) is 3.68. The van der Waals surface area contributed by atoms with Crippen LogP contribution in [0.1, 0.15) is 24.2 Å². The van der Waals surface area contributed by atoms with Crippen LogP contribution in [-0.4, -0.2) is 38.1 Å². The highest BCUT2D eigenvalue weighted by Gasteiger charge is 2.16. The summed E-state index contributed by atoms with van der Waals surface area (Å²) in [4.78, 5) is 36.3. The van der Waals surface area contributed by atoms with Crippen LogP contribution in [-0.2, 0) is 22.7 Å². The van der Waals surface area contributed by atoms with Gasteiger partial charge in [0.2, 0.25) is 11.7 Å². The van der Waals surface area contributed by atoms with E-state index in [2.05, 4.69) is 10.3 Å². The normalized spacial score (nSPS) is 10.4. The Morgan fingerprint density at radius 1 is 1.33 bits per heavy atom. The van der Waals surface area contributed by atoms with Crippen LogP contribution in [0.5, 0.6) is 5.75 Å². The summed E-state index contributed by atoms with van der Waals surface area (Å²) in [6, 6.07) is 7.07. The van der Waals surface area contributed by atoms with Crippen molar-refractivity contribution in [1.82, 2.24) is 14.9 Å². The predicted octanol–water partition coefficient (Wildman–Crippen LogP) is 1.66. The van der Waals surface area contributed by atoms with Crippen LogP contribution in [0.3, 0.4) is 0 Å². The highest BCUT2D eigenvalue weighted by molar-refractivity contribution is 5.75. The quantitative estimate of drug-likeness (QED) is 0.365. The second-order valence-electron chi connectivity index (χ2n) is 5.80. The molecule has 2 N–H and O–H groups in total. The summed E-state index contributed by atoms with van der Waals surface area (Å²) >= 11 is 0. The molecule has 2 rings (SSSR count). The van der Waals surface area contributed by atoms with E-state index in [0.717, 1.165) is 5.56 Å². The molecule has 1 heterocycles. The molecule has 0 aliphatic rings. The molecule has 0 aliphatic heterocycles. The number of carboxylic acid groups (broad SMARTS) is 1. The minimum atomic E-state index is -0.856. The molecule has 0 saturated heterocycles. The number of aryl methyl sites for hydroxylation is 1. The van der Waals surface area contributed by atoms with E-state index in [1.165, 1.54) is 10.8 Å². The third kappa shape index (κ3) is 6.42. The van der Waals surface area contributed by atoms with Crippen LogP contribution in [0.15, 0.2) is 30.5 Å². The fraction of sp³-hybridized carbons (Fsp3) is 0.353. The van der Waals surface area contributed by atoms with Crippen molar-refractivity contribution in [3.8, 4) is 5.75 Å². The first-order valence-electron chi connectivity index (χ1n) is 8.23. The van der Waals surface area contributed by atoms with Crippen LogP contribution in [0.2, 0.25) is 0 Å². The van der Waals surface area contributed by atoms with Gasteiger partial charge >= 0.3 is 11.8 Å². The number of ether oxygens (including phenoxy) is 1. The predicted molar refractivity (Wildman–Crippen MR) is 94.3 cm³/mol. The number of carboxylic acids is 1. The van der Waals surface area contributed by atoms with Gasteiger partial charge in [-0.05, 0) is 34.0 Å². The van der Waals surface area contributed by atoms with Gasteiger partial charge in [0, 0.05) is 19.9 Å². The molecule has 10 nitrogen and oxygen atoms in total. The number of nitrogens with zero attached hydrogens (tertiary/aromatic N) is 3. The van der Waals surface area contributed by atoms with Crippen molar-refractivity contribution in [3.63, 3.8) is 0 Å². The lowest BCUT2D eigenvalue weighted by Crippen LogP contribution is -2.27. The Labute approximate surface area is 154 Å². The van der Waals surface area contributed by atoms with Crippen molar-refractivity contribution in [2.75, 3.05) is 6.61 Å². The Bertz CT molecular complexity index is 815. The smallest absolute Gasteiger partial charge is 0.381 e. The molecule has 2 aromatic rings. The van der Waals surface area contributed by atoms with E-state index in [1.807, 2.05) is 0 Å². The highest BCUT2D eigenvalue weighted by Crippen LogP contribution is 2.13. The molecule has 0 bridgehead atoms. The molecule has 0 atom stereocenters. The molecule has 10 heteroatoms. The van der Waals surface area contributed by atoms with Crippen molar-refractivity contribution >= 4 is 17.7 Å². The van der Waals surface area contributed by atoms with Gasteiger partial charge in [-0.1, -0.05) is 12.1 Å². The minimum Gasteiger partial charge on any atom is -0.494 e. The first-order chi connectivity index (χ1) is 12.8. The van der Waals surface area contributed by atoms with Crippen molar-refractivity contribution in [2.45, 2.75) is 32.9 Å². The monoisotopic (exact) mass is 376 g/mol. The summed E-state index contributed by atoms with van der Waals surface area (Å²) in [5, 5.41) is 22.0. The molecule has 0 fully saturated rings. The van der Waals surface area contributed by atoms with E-state index >= 15 is 0 Å². The molecule has 27 heavy (non-hydrogen) atoms. The number of benzene rings is 1. The third-order valence-corrected chi connectivity index (χ3v) is 3.68. The molecule has 144 valence electrons. The average Bonchev–Trinajstić information content (AvgIpc) is 2.99. The molecule has 1 aromatic heterocycles. The van der Waals surface area contributed by atoms with Gasteiger partial charge in [0.15, 0.2) is 0 Å². The molecule has 0 radical (unpaired) electrons. The number of rotatable bonds is 10. The number of carbonyl (C=O) groups excluding carboxylic acids is 1. The molecule has 0 unspecified atom stereocenters. The molecular weight excluding hydrogens is 356 g/mol. The van der Waals surface area contributed by atoms with Crippen LogP contribution in [0.4, 0.5) is 5.82 Å². The second kappa shape index (κ2) is 9.32. The van der Waals surface area contributed by atoms with Crippen molar-refractivity contribution in [2.24, 2.45) is 0 Å². The van der Waals surface area contributed by atoms with Gasteiger partial charge in [-0.2, -0.15) is 0 Å². The summed E-state index contributed by atoms with van der Waals surface area (Å²) in [5.41, 5.74) is 0.856. The van der Waals surface area contributed by atoms with Crippen LogP contribution in [0.25, 0.3) is 0 Å². The number of aromatic nitrogens is 2. The zero-order chi connectivity index (χ0) is 19.8. The van der Waals surface area contributed by atoms with E-state index in [-0.39, 0.29) is 24.7 Å². The standard InChI is InChI=1S/C17H20N4O6/c1-12-19-15(21(25)26)10-20(12)11-16(22)18-9-13-4-6-14(7-5-13)27-8-2-3-17(23)24/h4-7,10H,2-3,8-9,11H2,1H3,(H,18,22)(H,23,24). The topological polar surface area (TPSA) is 137 Å². The van der Waals surface area contributed by atoms with Gasteiger partial charge in [0.25, 0.3) is 0 Å².